The van der Waals surface area contributed by atoms with Crippen LogP contribution in [0.4, 0.5) is 5.69 Å². The molecule has 0 unspecified atom stereocenters. The number of hydrogen-bond donors (Lipinski definition) is 3. The number of benzene rings is 2. The summed E-state index contributed by atoms with van der Waals surface area (Å²) < 4.78 is 22.5. The van der Waals surface area contributed by atoms with Gasteiger partial charge in [-0.2, -0.15) is 0 Å². The van der Waals surface area contributed by atoms with Gasteiger partial charge in [0.05, 0.1) is 4.90 Å². The van der Waals surface area contributed by atoms with Gasteiger partial charge in [-0.05, 0) is 18.2 Å². The molecular weight excluding hydrogens is 302 g/mol. The summed E-state index contributed by atoms with van der Waals surface area (Å²) in [6.07, 6.45) is 0. The Hall–Kier alpha value is -2.22. The maximum atomic E-state index is 11.8. The van der Waals surface area contributed by atoms with Crippen molar-refractivity contribution in [3.05, 3.63) is 60.2 Å². The third-order valence-corrected chi connectivity index (χ3v) is 3.91. The molecule has 1 amide bonds. The van der Waals surface area contributed by atoms with Crippen LogP contribution >= 0.6 is 0 Å². The van der Waals surface area contributed by atoms with Gasteiger partial charge in [-0.15, -0.1) is 0 Å². The number of amides is 1. The Balaban J connectivity index is 1.87. The highest BCUT2D eigenvalue weighted by atomic mass is 32.2. The zero-order chi connectivity index (χ0) is 16.0. The molecule has 0 aliphatic heterocycles. The molecule has 0 aromatic heterocycles. The lowest BCUT2D eigenvalue weighted by Crippen LogP contribution is -2.84. The minimum Gasteiger partial charge on any atom is -0.335 e. The first-order valence-electron chi connectivity index (χ1n) is 6.73. The first-order valence-corrected chi connectivity index (χ1v) is 8.28. The van der Waals surface area contributed by atoms with Gasteiger partial charge in [0.1, 0.15) is 6.54 Å². The fourth-order valence-electron chi connectivity index (χ4n) is 1.95. The molecule has 0 bridgehead atoms. The van der Waals surface area contributed by atoms with E-state index >= 15 is 0 Å². The van der Waals surface area contributed by atoms with E-state index in [1.165, 1.54) is 18.2 Å². The van der Waals surface area contributed by atoms with E-state index in [2.05, 4.69) is 5.32 Å². The van der Waals surface area contributed by atoms with E-state index in [1.807, 2.05) is 35.6 Å². The molecule has 116 valence electrons. The number of anilines is 1. The van der Waals surface area contributed by atoms with Crippen LogP contribution in [0.1, 0.15) is 5.56 Å². The van der Waals surface area contributed by atoms with Crippen LogP contribution in [0.15, 0.2) is 59.5 Å². The van der Waals surface area contributed by atoms with Gasteiger partial charge in [0.2, 0.25) is 10.0 Å². The smallest absolute Gasteiger partial charge is 0.279 e. The Bertz CT molecular complexity index is 746. The lowest BCUT2D eigenvalue weighted by Gasteiger charge is -2.06. The quantitative estimate of drug-likeness (QED) is 0.699. The van der Waals surface area contributed by atoms with Crippen molar-refractivity contribution < 1.29 is 18.5 Å². The molecule has 7 heteroatoms. The van der Waals surface area contributed by atoms with E-state index in [0.717, 1.165) is 5.56 Å². The predicted molar refractivity (Wildman–Crippen MR) is 83.4 cm³/mol. The number of quaternary nitrogens is 1. The van der Waals surface area contributed by atoms with Crippen LogP contribution in [0.3, 0.4) is 0 Å². The first-order chi connectivity index (χ1) is 10.4. The molecule has 0 saturated carbocycles. The number of primary sulfonamides is 1. The van der Waals surface area contributed by atoms with Crippen molar-refractivity contribution in [1.29, 1.82) is 0 Å². The van der Waals surface area contributed by atoms with Gasteiger partial charge in [0.25, 0.3) is 5.91 Å². The summed E-state index contributed by atoms with van der Waals surface area (Å²) in [5.74, 6) is -0.206. The normalized spacial score (nSPS) is 11.1. The molecule has 2 rings (SSSR count). The standard InChI is InChI=1S/C15H17N3O3S/c16-22(20,21)14-8-4-7-13(9-14)18-15(19)11-17-10-12-5-2-1-3-6-12/h1-9,17H,10-11H2,(H,18,19)(H2,16,20,21)/p+1. The Kier molecular flexibility index (Phi) is 5.26. The van der Waals surface area contributed by atoms with Crippen LogP contribution in [-0.2, 0) is 21.4 Å². The molecule has 5 N–H and O–H groups in total. The van der Waals surface area contributed by atoms with E-state index in [1.54, 1.807) is 6.07 Å². The van der Waals surface area contributed by atoms with Crippen LogP contribution in [0.25, 0.3) is 0 Å². The largest absolute Gasteiger partial charge is 0.335 e. The van der Waals surface area contributed by atoms with E-state index in [9.17, 15) is 13.2 Å². The number of carbonyl (C=O) groups is 1. The number of sulfonamides is 1. The maximum absolute atomic E-state index is 11.8. The Morgan fingerprint density at radius 2 is 1.82 bits per heavy atom. The number of hydrogen-bond acceptors (Lipinski definition) is 3. The highest BCUT2D eigenvalue weighted by Crippen LogP contribution is 2.13. The molecule has 2 aromatic rings. The van der Waals surface area contributed by atoms with Crippen molar-refractivity contribution >= 4 is 21.6 Å². The summed E-state index contributed by atoms with van der Waals surface area (Å²) >= 11 is 0. The van der Waals surface area contributed by atoms with Crippen molar-refractivity contribution in [1.82, 2.24) is 0 Å². The molecular formula is C15H18N3O3S+. The Morgan fingerprint density at radius 1 is 1.09 bits per heavy atom. The van der Waals surface area contributed by atoms with Gasteiger partial charge in [0.15, 0.2) is 6.54 Å². The summed E-state index contributed by atoms with van der Waals surface area (Å²) in [5, 5.41) is 9.57. The summed E-state index contributed by atoms with van der Waals surface area (Å²) in [6.45, 7) is 0.944. The summed E-state index contributed by atoms with van der Waals surface area (Å²) in [4.78, 5) is 11.8. The van der Waals surface area contributed by atoms with E-state index in [0.29, 0.717) is 12.2 Å². The second-order valence-corrected chi connectivity index (χ2v) is 6.36. The molecule has 0 atom stereocenters. The molecule has 0 aliphatic rings. The molecule has 0 radical (unpaired) electrons. The van der Waals surface area contributed by atoms with E-state index < -0.39 is 10.0 Å². The van der Waals surface area contributed by atoms with Gasteiger partial charge >= 0.3 is 0 Å². The zero-order valence-corrected chi connectivity index (χ0v) is 12.7. The number of nitrogens with one attached hydrogen (secondary N) is 1. The zero-order valence-electron chi connectivity index (χ0n) is 11.9. The minimum atomic E-state index is -3.77. The monoisotopic (exact) mass is 320 g/mol. The second-order valence-electron chi connectivity index (χ2n) is 4.80. The maximum Gasteiger partial charge on any atom is 0.279 e. The Morgan fingerprint density at radius 3 is 2.50 bits per heavy atom. The van der Waals surface area contributed by atoms with Crippen LogP contribution in [-0.4, -0.2) is 20.9 Å². The predicted octanol–water partition coefficient (Wildman–Crippen LogP) is 0.0361. The third-order valence-electron chi connectivity index (χ3n) is 3.00. The number of carbonyl (C=O) groups excluding carboxylic acids is 1. The van der Waals surface area contributed by atoms with Gasteiger partial charge < -0.3 is 10.6 Å². The molecule has 0 fully saturated rings. The Labute approximate surface area is 129 Å². The van der Waals surface area contributed by atoms with E-state index in [4.69, 9.17) is 5.14 Å². The lowest BCUT2D eigenvalue weighted by molar-refractivity contribution is -0.659. The average molecular weight is 320 g/mol. The molecule has 0 aliphatic carbocycles. The summed E-state index contributed by atoms with van der Waals surface area (Å²) in [7, 11) is -3.77. The van der Waals surface area contributed by atoms with E-state index in [-0.39, 0.29) is 17.3 Å². The molecule has 0 spiro atoms. The minimum absolute atomic E-state index is 0.0291. The van der Waals surface area contributed by atoms with Gasteiger partial charge in [-0.25, -0.2) is 13.6 Å². The molecule has 0 saturated heterocycles. The van der Waals surface area contributed by atoms with Crippen LogP contribution in [0.5, 0.6) is 0 Å². The first kappa shape index (κ1) is 16.2. The molecule has 0 heterocycles. The van der Waals surface area contributed by atoms with Crippen molar-refractivity contribution in [3.63, 3.8) is 0 Å². The molecule has 2 aromatic carbocycles. The summed E-state index contributed by atoms with van der Waals surface area (Å²) in [6, 6.07) is 15.7. The summed E-state index contributed by atoms with van der Waals surface area (Å²) in [5.41, 5.74) is 1.54. The van der Waals surface area contributed by atoms with Crippen molar-refractivity contribution in [3.8, 4) is 0 Å². The average Bonchev–Trinajstić information content (AvgIpc) is 2.48. The van der Waals surface area contributed by atoms with Gasteiger partial charge in [0, 0.05) is 11.3 Å². The number of nitrogens with two attached hydrogens (primary N) is 2. The number of rotatable bonds is 6. The molecule has 6 nitrogen and oxygen atoms in total. The third kappa shape index (κ3) is 4.96. The topological polar surface area (TPSA) is 106 Å². The second kappa shape index (κ2) is 7.17. The van der Waals surface area contributed by atoms with Crippen LogP contribution in [0, 0.1) is 0 Å². The van der Waals surface area contributed by atoms with Crippen molar-refractivity contribution in [2.24, 2.45) is 5.14 Å². The highest BCUT2D eigenvalue weighted by Gasteiger charge is 2.10. The van der Waals surface area contributed by atoms with Crippen LogP contribution < -0.4 is 15.8 Å². The lowest BCUT2D eigenvalue weighted by atomic mass is 10.2. The van der Waals surface area contributed by atoms with Crippen molar-refractivity contribution in [2.45, 2.75) is 11.4 Å². The highest BCUT2D eigenvalue weighted by molar-refractivity contribution is 7.89. The SMILES string of the molecule is NS(=O)(=O)c1cccc(NC(=O)C[NH2+]Cc2ccccc2)c1. The molecule has 22 heavy (non-hydrogen) atoms. The van der Waals surface area contributed by atoms with Gasteiger partial charge in [-0.1, -0.05) is 36.4 Å². The van der Waals surface area contributed by atoms with Crippen molar-refractivity contribution in [2.75, 3.05) is 11.9 Å². The van der Waals surface area contributed by atoms with Gasteiger partial charge in [-0.3, -0.25) is 4.79 Å². The fourth-order valence-corrected chi connectivity index (χ4v) is 2.51. The van der Waals surface area contributed by atoms with Crippen LogP contribution in [0.2, 0.25) is 0 Å². The fraction of sp³-hybridized carbons (Fsp3) is 0.133.